The minimum Gasteiger partial charge on any atom is -0.493 e. The molecule has 0 bridgehead atoms. The summed E-state index contributed by atoms with van der Waals surface area (Å²) in [6, 6.07) is 21.6. The van der Waals surface area contributed by atoms with Crippen molar-refractivity contribution in [1.82, 2.24) is 9.66 Å². The number of fused-ring (bicyclic) bond motifs is 2. The number of benzene rings is 4. The summed E-state index contributed by atoms with van der Waals surface area (Å²) >= 11 is 22.9. The van der Waals surface area contributed by atoms with E-state index in [4.69, 9.17) is 42.1 Å². The minimum absolute atomic E-state index is 0.224. The molecule has 43 heavy (non-hydrogen) atoms. The van der Waals surface area contributed by atoms with Crippen LogP contribution in [0.3, 0.4) is 0 Å². The fourth-order valence-corrected chi connectivity index (χ4v) is 6.04. The molecule has 0 fully saturated rings. The van der Waals surface area contributed by atoms with E-state index in [0.717, 1.165) is 15.4 Å². The molecule has 0 aliphatic rings. The predicted molar refractivity (Wildman–Crippen MR) is 181 cm³/mol. The average Bonchev–Trinajstić information content (AvgIpc) is 3.42. The standard InChI is InChI=1S/C31H18Br3Cl2N3O4/c1-41-25-13-18(27(33)28(34)29(25)42-15-16-6-8-21(35)22(36)10-16)14-37-39-30(38-23-5-3-2-4-20(23)31(39)40)26-12-17-11-19(32)7-9-24(17)43-26/h2-14H,15H2,1H3. The maximum absolute atomic E-state index is 13.7. The van der Waals surface area contributed by atoms with Crippen molar-refractivity contribution in [3.63, 3.8) is 0 Å². The molecule has 6 aromatic rings. The number of hydrogen-bond acceptors (Lipinski definition) is 6. The predicted octanol–water partition coefficient (Wildman–Crippen LogP) is 9.87. The van der Waals surface area contributed by atoms with Gasteiger partial charge in [0.25, 0.3) is 5.56 Å². The van der Waals surface area contributed by atoms with Gasteiger partial charge in [-0.25, -0.2) is 4.98 Å². The van der Waals surface area contributed by atoms with Gasteiger partial charge in [-0.15, -0.1) is 0 Å². The number of aromatic nitrogens is 2. The number of hydrogen-bond donors (Lipinski definition) is 0. The first-order valence-corrected chi connectivity index (χ1v) is 15.8. The highest BCUT2D eigenvalue weighted by Crippen LogP contribution is 2.43. The van der Waals surface area contributed by atoms with Crippen molar-refractivity contribution in [2.24, 2.45) is 5.10 Å². The van der Waals surface area contributed by atoms with Crippen molar-refractivity contribution >= 4 is 99.1 Å². The number of rotatable bonds is 7. The van der Waals surface area contributed by atoms with Crippen molar-refractivity contribution in [1.29, 1.82) is 0 Å². The number of halogens is 5. The van der Waals surface area contributed by atoms with Crippen molar-refractivity contribution in [2.45, 2.75) is 6.61 Å². The van der Waals surface area contributed by atoms with Gasteiger partial charge in [0.15, 0.2) is 17.3 Å². The van der Waals surface area contributed by atoms with E-state index in [1.807, 2.05) is 36.4 Å². The van der Waals surface area contributed by atoms with Gasteiger partial charge in [-0.2, -0.15) is 9.78 Å². The van der Waals surface area contributed by atoms with Gasteiger partial charge < -0.3 is 13.9 Å². The Bertz CT molecular complexity index is 2130. The highest BCUT2D eigenvalue weighted by atomic mass is 79.9. The zero-order valence-electron chi connectivity index (χ0n) is 22.1. The normalized spacial score (nSPS) is 11.6. The topological polar surface area (TPSA) is 78.9 Å². The van der Waals surface area contributed by atoms with Gasteiger partial charge in [-0.1, -0.05) is 57.3 Å². The molecule has 0 radical (unpaired) electrons. The molecule has 12 heteroatoms. The van der Waals surface area contributed by atoms with Gasteiger partial charge in [0.2, 0.25) is 5.82 Å². The van der Waals surface area contributed by atoms with E-state index >= 15 is 0 Å². The molecule has 0 spiro atoms. The van der Waals surface area contributed by atoms with Crippen LogP contribution >= 0.6 is 71.0 Å². The number of para-hydroxylation sites is 1. The van der Waals surface area contributed by atoms with Crippen molar-refractivity contribution in [2.75, 3.05) is 7.11 Å². The Labute approximate surface area is 280 Å². The maximum Gasteiger partial charge on any atom is 0.282 e. The molecular formula is C31H18Br3Cl2N3O4. The van der Waals surface area contributed by atoms with E-state index in [2.05, 4.69) is 52.9 Å². The molecule has 0 atom stereocenters. The lowest BCUT2D eigenvalue weighted by atomic mass is 10.2. The summed E-state index contributed by atoms with van der Waals surface area (Å²) in [7, 11) is 1.54. The molecule has 4 aromatic carbocycles. The molecule has 0 aliphatic heterocycles. The first-order valence-electron chi connectivity index (χ1n) is 12.6. The SMILES string of the molecule is COc1cc(C=Nn2c(-c3cc4cc(Br)ccc4o3)nc3ccccc3c2=O)c(Br)c(Br)c1OCc1ccc(Cl)c(Cl)c1. The average molecular weight is 807 g/mol. The molecular weight excluding hydrogens is 789 g/mol. The summed E-state index contributed by atoms with van der Waals surface area (Å²) in [4.78, 5) is 18.4. The van der Waals surface area contributed by atoms with Gasteiger partial charge in [0.1, 0.15) is 12.2 Å². The third-order valence-electron chi connectivity index (χ3n) is 6.51. The molecule has 6 rings (SSSR count). The second-order valence-electron chi connectivity index (χ2n) is 9.27. The molecule has 0 unspecified atom stereocenters. The Hall–Kier alpha value is -3.15. The van der Waals surface area contributed by atoms with E-state index in [0.29, 0.717) is 58.3 Å². The number of nitrogens with zero attached hydrogens (tertiary/aromatic N) is 3. The Morgan fingerprint density at radius 2 is 1.79 bits per heavy atom. The van der Waals surface area contributed by atoms with E-state index in [-0.39, 0.29) is 18.0 Å². The Morgan fingerprint density at radius 3 is 2.58 bits per heavy atom. The van der Waals surface area contributed by atoms with Crippen LogP contribution in [-0.4, -0.2) is 23.0 Å². The van der Waals surface area contributed by atoms with Crippen LogP contribution in [0.15, 0.2) is 101 Å². The second kappa shape index (κ2) is 12.5. The lowest BCUT2D eigenvalue weighted by Crippen LogP contribution is -2.20. The van der Waals surface area contributed by atoms with Crippen LogP contribution in [0.25, 0.3) is 33.5 Å². The van der Waals surface area contributed by atoms with E-state index < -0.39 is 0 Å². The van der Waals surface area contributed by atoms with Crippen LogP contribution in [-0.2, 0) is 6.61 Å². The maximum atomic E-state index is 13.7. The third kappa shape index (κ3) is 5.99. The van der Waals surface area contributed by atoms with Gasteiger partial charge in [0, 0.05) is 19.9 Å². The van der Waals surface area contributed by atoms with Crippen LogP contribution < -0.4 is 15.0 Å². The summed E-state index contributed by atoms with van der Waals surface area (Å²) < 4.78 is 21.2. The first-order chi connectivity index (χ1) is 20.7. The summed E-state index contributed by atoms with van der Waals surface area (Å²) in [5, 5.41) is 6.77. The lowest BCUT2D eigenvalue weighted by molar-refractivity contribution is 0.282. The number of methoxy groups -OCH3 is 1. The molecule has 0 N–H and O–H groups in total. The summed E-state index contributed by atoms with van der Waals surface area (Å²) in [6.45, 7) is 0.224. The monoisotopic (exact) mass is 803 g/mol. The van der Waals surface area contributed by atoms with Crippen molar-refractivity contribution in [3.05, 3.63) is 118 Å². The molecule has 2 aromatic heterocycles. The Kier molecular flexibility index (Phi) is 8.66. The van der Waals surface area contributed by atoms with Crippen LogP contribution in [0.1, 0.15) is 11.1 Å². The quantitative estimate of drug-likeness (QED) is 0.150. The largest absolute Gasteiger partial charge is 0.493 e. The van der Waals surface area contributed by atoms with Crippen LogP contribution in [0.2, 0.25) is 10.0 Å². The number of ether oxygens (including phenoxy) is 2. The zero-order valence-corrected chi connectivity index (χ0v) is 28.3. The lowest BCUT2D eigenvalue weighted by Gasteiger charge is -2.15. The van der Waals surface area contributed by atoms with Gasteiger partial charge in [-0.05, 0) is 92.0 Å². The Balaban J connectivity index is 1.41. The van der Waals surface area contributed by atoms with E-state index in [1.54, 1.807) is 49.7 Å². The highest BCUT2D eigenvalue weighted by molar-refractivity contribution is 9.13. The fourth-order valence-electron chi connectivity index (χ4n) is 4.40. The Morgan fingerprint density at radius 1 is 0.977 bits per heavy atom. The van der Waals surface area contributed by atoms with Crippen LogP contribution in [0, 0.1) is 0 Å². The number of furan rings is 1. The molecule has 0 amide bonds. The molecule has 0 saturated carbocycles. The second-order valence-corrected chi connectivity index (χ2v) is 12.6. The van der Waals surface area contributed by atoms with Gasteiger partial charge in [0.05, 0.1) is 38.7 Å². The summed E-state index contributed by atoms with van der Waals surface area (Å²) in [5.41, 5.74) is 2.29. The van der Waals surface area contributed by atoms with E-state index in [1.165, 1.54) is 4.68 Å². The first kappa shape index (κ1) is 29.9. The van der Waals surface area contributed by atoms with Crippen molar-refractivity contribution in [3.8, 4) is 23.1 Å². The zero-order chi connectivity index (χ0) is 30.2. The third-order valence-corrected chi connectivity index (χ3v) is 9.88. The summed E-state index contributed by atoms with van der Waals surface area (Å²) in [6.07, 6.45) is 1.54. The molecule has 216 valence electrons. The molecule has 0 aliphatic carbocycles. The van der Waals surface area contributed by atoms with Crippen LogP contribution in [0.4, 0.5) is 0 Å². The molecule has 2 heterocycles. The fraction of sp³-hybridized carbons (Fsp3) is 0.0645. The minimum atomic E-state index is -0.345. The van der Waals surface area contributed by atoms with E-state index in [9.17, 15) is 4.79 Å². The smallest absolute Gasteiger partial charge is 0.282 e. The summed E-state index contributed by atoms with van der Waals surface area (Å²) in [5.74, 6) is 1.58. The van der Waals surface area contributed by atoms with Gasteiger partial charge >= 0.3 is 0 Å². The molecule has 7 nitrogen and oxygen atoms in total. The van der Waals surface area contributed by atoms with Gasteiger partial charge in [-0.3, -0.25) is 4.79 Å². The molecule has 0 saturated heterocycles. The highest BCUT2D eigenvalue weighted by Gasteiger charge is 2.19. The van der Waals surface area contributed by atoms with Crippen molar-refractivity contribution < 1.29 is 13.9 Å². The van der Waals surface area contributed by atoms with Crippen LogP contribution in [0.5, 0.6) is 11.5 Å².